The molecule has 0 saturated carbocycles. The molecule has 0 radical (unpaired) electrons. The van der Waals surface area contributed by atoms with Crippen molar-refractivity contribution in [2.75, 3.05) is 49.8 Å². The average Bonchev–Trinajstić information content (AvgIpc) is 2.80. The van der Waals surface area contributed by atoms with Crippen molar-refractivity contribution in [3.63, 3.8) is 0 Å². The Bertz CT molecular complexity index is 435. The fourth-order valence-electron chi connectivity index (χ4n) is 2.61. The number of amides is 1. The van der Waals surface area contributed by atoms with Gasteiger partial charge in [-0.2, -0.15) is 11.8 Å². The van der Waals surface area contributed by atoms with Crippen LogP contribution in [0.2, 0.25) is 0 Å². The lowest BCUT2D eigenvalue weighted by molar-refractivity contribution is -0.135. The molecule has 6 nitrogen and oxygen atoms in total. The van der Waals surface area contributed by atoms with Crippen LogP contribution in [0.25, 0.3) is 0 Å². The fraction of sp³-hybridized carbons (Fsp3) is 0.917. The molecule has 0 bridgehead atoms. The minimum atomic E-state index is -2.99. The quantitative estimate of drug-likeness (QED) is 0.725. The van der Waals surface area contributed by atoms with E-state index in [1.54, 1.807) is 23.8 Å². The standard InChI is InChI=1S/C12H22N2O4S2/c1-18-5-4-14(10-2-7-20(16,17)9-10)12(15)11-8-19-6-3-13-11/h10-11,13H,2-9H2,1H3. The molecule has 8 heteroatoms. The van der Waals surface area contributed by atoms with Gasteiger partial charge in [0, 0.05) is 37.7 Å². The van der Waals surface area contributed by atoms with E-state index < -0.39 is 9.84 Å². The summed E-state index contributed by atoms with van der Waals surface area (Å²) in [4.78, 5) is 14.3. The third-order valence-electron chi connectivity index (χ3n) is 3.69. The number of hydrogen-bond donors (Lipinski definition) is 1. The molecular formula is C12H22N2O4S2. The van der Waals surface area contributed by atoms with Crippen LogP contribution in [0.1, 0.15) is 6.42 Å². The van der Waals surface area contributed by atoms with Crippen molar-refractivity contribution in [1.82, 2.24) is 10.2 Å². The van der Waals surface area contributed by atoms with E-state index in [9.17, 15) is 13.2 Å². The summed E-state index contributed by atoms with van der Waals surface area (Å²) in [6, 6.07) is -0.398. The van der Waals surface area contributed by atoms with E-state index in [4.69, 9.17) is 4.74 Å². The number of methoxy groups -OCH3 is 1. The summed E-state index contributed by atoms with van der Waals surface area (Å²) in [5.41, 5.74) is 0. The summed E-state index contributed by atoms with van der Waals surface area (Å²) < 4.78 is 28.3. The second-order valence-corrected chi connectivity index (χ2v) is 8.54. The Morgan fingerprint density at radius 3 is 2.85 bits per heavy atom. The molecule has 1 amide bonds. The molecule has 0 spiro atoms. The second-order valence-electron chi connectivity index (χ2n) is 5.16. The number of nitrogens with one attached hydrogen (secondary N) is 1. The van der Waals surface area contributed by atoms with Gasteiger partial charge in [-0.1, -0.05) is 0 Å². The van der Waals surface area contributed by atoms with E-state index in [1.165, 1.54) is 0 Å². The third kappa shape index (κ3) is 4.09. The number of rotatable bonds is 5. The van der Waals surface area contributed by atoms with Crippen molar-refractivity contribution < 1.29 is 17.9 Å². The van der Waals surface area contributed by atoms with E-state index in [1.807, 2.05) is 0 Å². The van der Waals surface area contributed by atoms with Gasteiger partial charge in [0.05, 0.1) is 24.2 Å². The van der Waals surface area contributed by atoms with Crippen LogP contribution in [-0.2, 0) is 19.4 Å². The van der Waals surface area contributed by atoms with Crippen LogP contribution in [0.15, 0.2) is 0 Å². The summed E-state index contributed by atoms with van der Waals surface area (Å²) in [6.07, 6.45) is 0.539. The van der Waals surface area contributed by atoms with Crippen molar-refractivity contribution in [3.05, 3.63) is 0 Å². The molecule has 2 unspecified atom stereocenters. The average molecular weight is 322 g/mol. The van der Waals surface area contributed by atoms with Gasteiger partial charge >= 0.3 is 0 Å². The molecule has 2 aliphatic heterocycles. The van der Waals surface area contributed by atoms with Crippen molar-refractivity contribution in [1.29, 1.82) is 0 Å². The normalized spacial score (nSPS) is 29.2. The van der Waals surface area contributed by atoms with Crippen LogP contribution in [0, 0.1) is 0 Å². The first kappa shape index (κ1) is 16.1. The first-order chi connectivity index (χ1) is 9.53. The van der Waals surface area contributed by atoms with Crippen LogP contribution >= 0.6 is 11.8 Å². The molecule has 2 rings (SSSR count). The molecule has 1 N–H and O–H groups in total. The monoisotopic (exact) mass is 322 g/mol. The molecule has 116 valence electrons. The highest BCUT2D eigenvalue weighted by atomic mass is 32.2. The predicted octanol–water partition coefficient (Wildman–Crippen LogP) is -0.646. The van der Waals surface area contributed by atoms with E-state index in [0.717, 1.165) is 18.1 Å². The maximum absolute atomic E-state index is 12.6. The molecule has 20 heavy (non-hydrogen) atoms. The second kappa shape index (κ2) is 7.11. The molecule has 0 aliphatic carbocycles. The van der Waals surface area contributed by atoms with Gasteiger partial charge in [-0.25, -0.2) is 8.42 Å². The smallest absolute Gasteiger partial charge is 0.240 e. The Morgan fingerprint density at radius 2 is 2.30 bits per heavy atom. The lowest BCUT2D eigenvalue weighted by atomic mass is 10.1. The van der Waals surface area contributed by atoms with E-state index in [0.29, 0.717) is 19.6 Å². The molecule has 2 saturated heterocycles. The van der Waals surface area contributed by atoms with Crippen LogP contribution in [0.3, 0.4) is 0 Å². The largest absolute Gasteiger partial charge is 0.383 e. The summed E-state index contributed by atoms with van der Waals surface area (Å²) in [5.74, 6) is 2.04. The zero-order valence-corrected chi connectivity index (χ0v) is 13.3. The van der Waals surface area contributed by atoms with Crippen molar-refractivity contribution >= 4 is 27.5 Å². The molecule has 2 heterocycles. The van der Waals surface area contributed by atoms with E-state index >= 15 is 0 Å². The van der Waals surface area contributed by atoms with Crippen LogP contribution in [0.5, 0.6) is 0 Å². The zero-order valence-electron chi connectivity index (χ0n) is 11.7. The summed E-state index contributed by atoms with van der Waals surface area (Å²) in [6.45, 7) is 1.71. The van der Waals surface area contributed by atoms with Gasteiger partial charge < -0.3 is 15.0 Å². The number of sulfone groups is 1. The number of nitrogens with zero attached hydrogens (tertiary/aromatic N) is 1. The lowest BCUT2D eigenvalue weighted by Gasteiger charge is -2.33. The van der Waals surface area contributed by atoms with Gasteiger partial charge in [0.1, 0.15) is 0 Å². The van der Waals surface area contributed by atoms with Crippen LogP contribution < -0.4 is 5.32 Å². The molecule has 0 aromatic heterocycles. The maximum atomic E-state index is 12.6. The highest BCUT2D eigenvalue weighted by molar-refractivity contribution is 7.99. The first-order valence-corrected chi connectivity index (χ1v) is 9.82. The topological polar surface area (TPSA) is 75.7 Å². The van der Waals surface area contributed by atoms with Gasteiger partial charge in [-0.3, -0.25) is 4.79 Å². The lowest BCUT2D eigenvalue weighted by Crippen LogP contribution is -2.54. The minimum absolute atomic E-state index is 0.0105. The zero-order chi connectivity index (χ0) is 14.6. The van der Waals surface area contributed by atoms with Gasteiger partial charge in [0.25, 0.3) is 0 Å². The molecule has 2 fully saturated rings. The Morgan fingerprint density at radius 1 is 1.50 bits per heavy atom. The molecule has 2 aliphatic rings. The summed E-state index contributed by atoms with van der Waals surface area (Å²) >= 11 is 1.76. The number of hydrogen-bond acceptors (Lipinski definition) is 6. The van der Waals surface area contributed by atoms with Crippen LogP contribution in [-0.4, -0.2) is 81.1 Å². The first-order valence-electron chi connectivity index (χ1n) is 6.84. The minimum Gasteiger partial charge on any atom is -0.383 e. The molecular weight excluding hydrogens is 300 g/mol. The van der Waals surface area contributed by atoms with Crippen molar-refractivity contribution in [2.24, 2.45) is 0 Å². The molecule has 0 aromatic rings. The number of carbonyl (C=O) groups excluding carboxylic acids is 1. The highest BCUT2D eigenvalue weighted by Crippen LogP contribution is 2.20. The molecule has 0 aromatic carbocycles. The SMILES string of the molecule is COCCN(C(=O)C1CSCCN1)C1CCS(=O)(=O)C1. The Balaban J connectivity index is 2.04. The Hall–Kier alpha value is -0.310. The van der Waals surface area contributed by atoms with Crippen molar-refractivity contribution in [2.45, 2.75) is 18.5 Å². The van der Waals surface area contributed by atoms with Crippen molar-refractivity contribution in [3.8, 4) is 0 Å². The summed E-state index contributed by atoms with van der Waals surface area (Å²) in [5, 5.41) is 3.22. The van der Waals surface area contributed by atoms with Crippen LogP contribution in [0.4, 0.5) is 0 Å². The fourth-order valence-corrected chi connectivity index (χ4v) is 5.26. The van der Waals surface area contributed by atoms with Gasteiger partial charge in [-0.05, 0) is 6.42 Å². The van der Waals surface area contributed by atoms with Gasteiger partial charge in [-0.15, -0.1) is 0 Å². The predicted molar refractivity (Wildman–Crippen MR) is 79.8 cm³/mol. The van der Waals surface area contributed by atoms with Gasteiger partial charge in [0.15, 0.2) is 9.84 Å². The molecule has 2 atom stereocenters. The number of ether oxygens (including phenoxy) is 1. The van der Waals surface area contributed by atoms with E-state index in [2.05, 4.69) is 5.32 Å². The Labute approximate surface area is 124 Å². The van der Waals surface area contributed by atoms with E-state index in [-0.39, 0.29) is 29.5 Å². The van der Waals surface area contributed by atoms with Gasteiger partial charge in [0.2, 0.25) is 5.91 Å². The summed E-state index contributed by atoms with van der Waals surface area (Å²) in [7, 11) is -1.40. The number of thioether (sulfide) groups is 1. The highest BCUT2D eigenvalue weighted by Gasteiger charge is 2.37. The maximum Gasteiger partial charge on any atom is 0.240 e. The number of carbonyl (C=O) groups is 1. The Kier molecular flexibility index (Phi) is 5.71. The third-order valence-corrected chi connectivity index (χ3v) is 6.50.